The molecule has 0 radical (unpaired) electrons. The fraction of sp³-hybridized carbons (Fsp3) is 0.562. The van der Waals surface area contributed by atoms with Crippen LogP contribution in [0.15, 0.2) is 35.3 Å². The smallest absolute Gasteiger partial charge is 0.188 e. The summed E-state index contributed by atoms with van der Waals surface area (Å²) < 4.78 is 5.59. The molecule has 1 aliphatic rings. The van der Waals surface area contributed by atoms with Gasteiger partial charge >= 0.3 is 0 Å². The summed E-state index contributed by atoms with van der Waals surface area (Å²) in [6, 6.07) is 10.3. The Labute approximate surface area is 150 Å². The highest BCUT2D eigenvalue weighted by Gasteiger charge is 2.22. The van der Waals surface area contributed by atoms with Gasteiger partial charge in [-0.05, 0) is 38.1 Å². The number of rotatable bonds is 7. The van der Waals surface area contributed by atoms with Crippen LogP contribution in [-0.2, 0) is 0 Å². The Morgan fingerprint density at radius 3 is 2.91 bits per heavy atom. The van der Waals surface area contributed by atoms with Crippen molar-refractivity contribution >= 4 is 29.9 Å². The molecule has 0 amide bonds. The summed E-state index contributed by atoms with van der Waals surface area (Å²) in [5.41, 5.74) is 5.88. The Kier molecular flexibility index (Phi) is 9.22. The zero-order valence-corrected chi connectivity index (χ0v) is 15.5. The van der Waals surface area contributed by atoms with E-state index in [2.05, 4.69) is 22.1 Å². The van der Waals surface area contributed by atoms with Crippen molar-refractivity contribution in [1.29, 1.82) is 0 Å². The average Bonchev–Trinajstić information content (AvgIpc) is 2.98. The van der Waals surface area contributed by atoms with E-state index in [0.29, 0.717) is 25.2 Å². The van der Waals surface area contributed by atoms with Gasteiger partial charge < -0.3 is 15.8 Å². The molecule has 0 spiro atoms. The lowest BCUT2D eigenvalue weighted by molar-refractivity contribution is 0.273. The summed E-state index contributed by atoms with van der Waals surface area (Å²) in [5.74, 6) is 1.38. The van der Waals surface area contributed by atoms with E-state index in [1.165, 1.54) is 19.4 Å². The van der Waals surface area contributed by atoms with Crippen molar-refractivity contribution in [3.63, 3.8) is 0 Å². The number of nitrogens with two attached hydrogens (primary N) is 1. The van der Waals surface area contributed by atoms with Gasteiger partial charge in [-0.2, -0.15) is 0 Å². The number of nitrogens with zero attached hydrogens (tertiary/aromatic N) is 2. The minimum Gasteiger partial charge on any atom is -0.492 e. The van der Waals surface area contributed by atoms with Crippen molar-refractivity contribution < 1.29 is 4.74 Å². The number of benzene rings is 1. The molecule has 1 aliphatic heterocycles. The summed E-state index contributed by atoms with van der Waals surface area (Å²) >= 11 is 0. The van der Waals surface area contributed by atoms with Crippen molar-refractivity contribution in [3.8, 4) is 5.75 Å². The van der Waals surface area contributed by atoms with Gasteiger partial charge in [0.25, 0.3) is 0 Å². The quantitative estimate of drug-likeness (QED) is 0.308. The molecule has 0 saturated carbocycles. The highest BCUT2D eigenvalue weighted by atomic mass is 127. The number of para-hydroxylation sites is 1. The number of aliphatic imine (C=N–C) groups is 1. The monoisotopic (exact) mass is 418 g/mol. The molecule has 3 N–H and O–H groups in total. The number of likely N-dealkylation sites (tertiary alicyclic amines) is 1. The van der Waals surface area contributed by atoms with Gasteiger partial charge in [0.2, 0.25) is 0 Å². The van der Waals surface area contributed by atoms with E-state index in [9.17, 15) is 0 Å². The highest BCUT2D eigenvalue weighted by Crippen LogP contribution is 2.16. The third-order valence-corrected chi connectivity index (χ3v) is 3.80. The first-order valence-corrected chi connectivity index (χ1v) is 7.75. The molecule has 1 heterocycles. The minimum absolute atomic E-state index is 0. The van der Waals surface area contributed by atoms with Gasteiger partial charge in [-0.15, -0.1) is 24.0 Å². The van der Waals surface area contributed by atoms with Crippen molar-refractivity contribution in [3.05, 3.63) is 30.3 Å². The van der Waals surface area contributed by atoms with Gasteiger partial charge in [0.15, 0.2) is 5.96 Å². The van der Waals surface area contributed by atoms with Gasteiger partial charge in [-0.25, -0.2) is 0 Å². The zero-order chi connectivity index (χ0) is 14.9. The predicted molar refractivity (Wildman–Crippen MR) is 102 cm³/mol. The Morgan fingerprint density at radius 2 is 2.18 bits per heavy atom. The topological polar surface area (TPSA) is 62.9 Å². The number of hydrogen-bond donors (Lipinski definition) is 2. The van der Waals surface area contributed by atoms with E-state index in [4.69, 9.17) is 10.5 Å². The molecule has 1 atom stereocenters. The number of guanidine groups is 1. The third-order valence-electron chi connectivity index (χ3n) is 3.80. The maximum atomic E-state index is 5.88. The van der Waals surface area contributed by atoms with Crippen LogP contribution in [0.25, 0.3) is 0 Å². The first-order valence-electron chi connectivity index (χ1n) is 7.75. The zero-order valence-electron chi connectivity index (χ0n) is 13.2. The summed E-state index contributed by atoms with van der Waals surface area (Å²) in [7, 11) is 0. The maximum absolute atomic E-state index is 5.88. The predicted octanol–water partition coefficient (Wildman–Crippen LogP) is 2.07. The van der Waals surface area contributed by atoms with E-state index in [1.807, 2.05) is 30.3 Å². The Morgan fingerprint density at radius 1 is 1.41 bits per heavy atom. The lowest BCUT2D eigenvalue weighted by atomic mass is 10.2. The number of hydrogen-bond acceptors (Lipinski definition) is 3. The van der Waals surface area contributed by atoms with E-state index >= 15 is 0 Å². The Bertz CT molecular complexity index is 441. The molecule has 0 aromatic heterocycles. The number of ether oxygens (including phenoxy) is 1. The van der Waals surface area contributed by atoms with Crippen LogP contribution >= 0.6 is 24.0 Å². The SMILES string of the molecule is CCN1CCCC1CN=C(N)NCCOc1ccccc1.I. The minimum atomic E-state index is 0. The lowest BCUT2D eigenvalue weighted by Crippen LogP contribution is -2.37. The van der Waals surface area contributed by atoms with Crippen molar-refractivity contribution in [2.75, 3.05) is 32.8 Å². The van der Waals surface area contributed by atoms with Gasteiger partial charge in [-0.1, -0.05) is 25.1 Å². The Balaban J connectivity index is 0.00000242. The van der Waals surface area contributed by atoms with Crippen LogP contribution in [0.2, 0.25) is 0 Å². The van der Waals surface area contributed by atoms with Crippen LogP contribution in [0.4, 0.5) is 0 Å². The molecule has 0 bridgehead atoms. The molecule has 1 aromatic carbocycles. The second-order valence-corrected chi connectivity index (χ2v) is 5.24. The first-order chi connectivity index (χ1) is 10.3. The summed E-state index contributed by atoms with van der Waals surface area (Å²) in [5, 5.41) is 3.09. The summed E-state index contributed by atoms with van der Waals surface area (Å²) in [4.78, 5) is 6.90. The van der Waals surface area contributed by atoms with Crippen molar-refractivity contribution in [2.45, 2.75) is 25.8 Å². The fourth-order valence-corrected chi connectivity index (χ4v) is 2.64. The standard InChI is InChI=1S/C16H26N4O.HI/c1-2-20-11-6-7-14(20)13-19-16(17)18-10-12-21-15-8-4-3-5-9-15;/h3-5,8-9,14H,2,6-7,10-13H2,1H3,(H3,17,18,19);1H. The van der Waals surface area contributed by atoms with Gasteiger partial charge in [0.05, 0.1) is 13.1 Å². The normalized spacial score (nSPS) is 18.8. The molecule has 1 aromatic rings. The number of nitrogens with one attached hydrogen (secondary N) is 1. The lowest BCUT2D eigenvalue weighted by Gasteiger charge is -2.20. The molecule has 1 fully saturated rings. The van der Waals surface area contributed by atoms with Crippen LogP contribution < -0.4 is 15.8 Å². The molecule has 22 heavy (non-hydrogen) atoms. The average molecular weight is 418 g/mol. The molecule has 5 nitrogen and oxygen atoms in total. The van der Waals surface area contributed by atoms with Crippen LogP contribution in [0.1, 0.15) is 19.8 Å². The molecule has 1 unspecified atom stereocenters. The third kappa shape index (κ3) is 6.39. The molecular weight excluding hydrogens is 391 g/mol. The second kappa shape index (κ2) is 10.7. The van der Waals surface area contributed by atoms with Crippen LogP contribution in [0.3, 0.4) is 0 Å². The van der Waals surface area contributed by atoms with Gasteiger partial charge in [0, 0.05) is 6.04 Å². The van der Waals surface area contributed by atoms with Crippen LogP contribution in [0.5, 0.6) is 5.75 Å². The van der Waals surface area contributed by atoms with Gasteiger partial charge in [-0.3, -0.25) is 9.89 Å². The molecule has 1 saturated heterocycles. The highest BCUT2D eigenvalue weighted by molar-refractivity contribution is 14.0. The summed E-state index contributed by atoms with van der Waals surface area (Å²) in [6.45, 7) is 6.50. The van der Waals surface area contributed by atoms with Gasteiger partial charge in [0.1, 0.15) is 12.4 Å². The molecular formula is C16H27IN4O. The second-order valence-electron chi connectivity index (χ2n) is 5.24. The maximum Gasteiger partial charge on any atom is 0.188 e. The number of halogens is 1. The summed E-state index contributed by atoms with van der Waals surface area (Å²) in [6.07, 6.45) is 2.49. The first kappa shape index (κ1) is 19.0. The van der Waals surface area contributed by atoms with E-state index in [0.717, 1.165) is 18.8 Å². The fourth-order valence-electron chi connectivity index (χ4n) is 2.64. The molecule has 124 valence electrons. The molecule has 6 heteroatoms. The van der Waals surface area contributed by atoms with Crippen molar-refractivity contribution in [2.24, 2.45) is 10.7 Å². The Hall–Kier alpha value is -1.02. The van der Waals surface area contributed by atoms with E-state index in [-0.39, 0.29) is 24.0 Å². The van der Waals surface area contributed by atoms with Crippen molar-refractivity contribution in [1.82, 2.24) is 10.2 Å². The van der Waals surface area contributed by atoms with Crippen LogP contribution in [0, 0.1) is 0 Å². The largest absolute Gasteiger partial charge is 0.492 e. The molecule has 2 rings (SSSR count). The van der Waals surface area contributed by atoms with E-state index in [1.54, 1.807) is 0 Å². The molecule has 0 aliphatic carbocycles. The van der Waals surface area contributed by atoms with E-state index < -0.39 is 0 Å². The number of likely N-dealkylation sites (N-methyl/N-ethyl adjacent to an activating group) is 1. The van der Waals surface area contributed by atoms with Crippen LogP contribution in [-0.4, -0.2) is 49.7 Å².